The van der Waals surface area contributed by atoms with Crippen molar-refractivity contribution in [1.29, 1.82) is 0 Å². The number of carbonyl (C=O) groups is 1. The van der Waals surface area contributed by atoms with Crippen LogP contribution >= 0.6 is 11.3 Å². The van der Waals surface area contributed by atoms with E-state index in [9.17, 15) is 9.18 Å². The van der Waals surface area contributed by atoms with Crippen LogP contribution in [-0.4, -0.2) is 21.9 Å². The Morgan fingerprint density at radius 2 is 2.50 bits per heavy atom. The normalized spacial score (nSPS) is 11.0. The van der Waals surface area contributed by atoms with Crippen LogP contribution in [0, 0.1) is 5.13 Å². The Hall–Kier alpha value is -2.02. The Bertz CT molecular complexity index is 575. The lowest BCUT2D eigenvalue weighted by Gasteiger charge is -1.94. The fraction of sp³-hybridized carbons (Fsp3) is 0.182. The molecule has 0 bridgehead atoms. The first-order valence-electron chi connectivity index (χ1n) is 5.30. The average molecular weight is 266 g/mol. The van der Waals surface area contributed by atoms with Gasteiger partial charge in [-0.25, -0.2) is 5.43 Å². The predicted molar refractivity (Wildman–Crippen MR) is 67.2 cm³/mol. The van der Waals surface area contributed by atoms with E-state index in [1.54, 1.807) is 16.9 Å². The van der Waals surface area contributed by atoms with Gasteiger partial charge in [0, 0.05) is 12.7 Å². The third-order valence-corrected chi connectivity index (χ3v) is 2.98. The first-order valence-corrected chi connectivity index (χ1v) is 6.12. The van der Waals surface area contributed by atoms with Crippen molar-refractivity contribution in [2.24, 2.45) is 5.10 Å². The Morgan fingerprint density at radius 1 is 1.67 bits per heavy atom. The summed E-state index contributed by atoms with van der Waals surface area (Å²) in [6.07, 6.45) is 4.50. The fourth-order valence-electron chi connectivity index (χ4n) is 1.27. The molecule has 5 nitrogen and oxygen atoms in total. The van der Waals surface area contributed by atoms with Gasteiger partial charge in [0.1, 0.15) is 0 Å². The molecule has 0 unspecified atom stereocenters. The molecule has 0 aromatic carbocycles. The van der Waals surface area contributed by atoms with Crippen molar-refractivity contribution >= 4 is 23.5 Å². The molecule has 0 saturated carbocycles. The molecule has 0 aliphatic heterocycles. The summed E-state index contributed by atoms with van der Waals surface area (Å²) in [7, 11) is 0. The molecule has 0 aliphatic carbocycles. The number of aryl methyl sites for hydroxylation is 1. The summed E-state index contributed by atoms with van der Waals surface area (Å²) in [5.74, 6) is -0.344. The molecule has 2 rings (SSSR count). The summed E-state index contributed by atoms with van der Waals surface area (Å²) in [4.78, 5) is 12.3. The largest absolute Gasteiger partial charge is 0.274 e. The van der Waals surface area contributed by atoms with E-state index in [-0.39, 0.29) is 11.0 Å². The molecule has 1 amide bonds. The van der Waals surface area contributed by atoms with Crippen LogP contribution in [0.15, 0.2) is 29.6 Å². The molecule has 0 atom stereocenters. The van der Waals surface area contributed by atoms with Crippen molar-refractivity contribution in [3.05, 3.63) is 40.1 Å². The number of nitrogens with one attached hydrogen (secondary N) is 1. The van der Waals surface area contributed by atoms with Crippen molar-refractivity contribution in [2.45, 2.75) is 13.5 Å². The number of hydrogen-bond donors (Lipinski definition) is 1. The van der Waals surface area contributed by atoms with E-state index in [1.807, 2.05) is 6.92 Å². The van der Waals surface area contributed by atoms with E-state index < -0.39 is 0 Å². The molecule has 7 heteroatoms. The van der Waals surface area contributed by atoms with E-state index in [4.69, 9.17) is 0 Å². The predicted octanol–water partition coefficient (Wildman–Crippen LogP) is 1.87. The minimum Gasteiger partial charge on any atom is -0.272 e. The molecule has 0 aliphatic rings. The maximum absolute atomic E-state index is 12.7. The first-order chi connectivity index (χ1) is 8.69. The molecular weight excluding hydrogens is 255 g/mol. The zero-order valence-corrected chi connectivity index (χ0v) is 10.4. The van der Waals surface area contributed by atoms with E-state index in [0.29, 0.717) is 17.0 Å². The maximum Gasteiger partial charge on any atom is 0.274 e. The van der Waals surface area contributed by atoms with Gasteiger partial charge in [-0.1, -0.05) is 0 Å². The number of hydrogen-bond acceptors (Lipinski definition) is 4. The Morgan fingerprint density at radius 3 is 3.11 bits per heavy atom. The maximum atomic E-state index is 12.7. The van der Waals surface area contributed by atoms with Crippen molar-refractivity contribution in [1.82, 2.24) is 15.2 Å². The SMILES string of the molecule is CCn1cc(C(=O)N/N=C/c2ccc(F)s2)cn1. The first kappa shape index (κ1) is 12.4. The second-order valence-corrected chi connectivity index (χ2v) is 4.49. The standard InChI is InChI=1S/C11H11FN4OS/c1-2-16-7-8(5-14-16)11(17)15-13-6-9-3-4-10(12)18-9/h3-7H,2H2,1H3,(H,15,17)/b13-6+. The molecule has 94 valence electrons. The molecule has 0 fully saturated rings. The minimum atomic E-state index is -0.344. The third kappa shape index (κ3) is 3.01. The van der Waals surface area contributed by atoms with E-state index in [1.165, 1.54) is 18.5 Å². The molecular formula is C11H11FN4OS. The Labute approximate surface area is 107 Å². The van der Waals surface area contributed by atoms with Gasteiger partial charge in [0.2, 0.25) is 0 Å². The van der Waals surface area contributed by atoms with Crippen molar-refractivity contribution in [3.8, 4) is 0 Å². The summed E-state index contributed by atoms with van der Waals surface area (Å²) in [5.41, 5.74) is 2.79. The van der Waals surface area contributed by atoms with Crippen LogP contribution in [0.2, 0.25) is 0 Å². The van der Waals surface area contributed by atoms with Crippen LogP contribution in [0.4, 0.5) is 4.39 Å². The van der Waals surface area contributed by atoms with Crippen LogP contribution in [0.5, 0.6) is 0 Å². The van der Waals surface area contributed by atoms with Gasteiger partial charge in [-0.3, -0.25) is 9.48 Å². The van der Waals surface area contributed by atoms with E-state index in [0.717, 1.165) is 11.3 Å². The molecule has 0 radical (unpaired) electrons. The van der Waals surface area contributed by atoms with Gasteiger partial charge in [-0.2, -0.15) is 14.6 Å². The second kappa shape index (κ2) is 5.54. The summed E-state index contributed by atoms with van der Waals surface area (Å²) in [6.45, 7) is 2.63. The molecule has 2 heterocycles. The fourth-order valence-corrected chi connectivity index (χ4v) is 1.87. The number of aromatic nitrogens is 2. The number of hydrazone groups is 1. The third-order valence-electron chi connectivity index (χ3n) is 2.17. The number of amides is 1. The Kier molecular flexibility index (Phi) is 3.83. The van der Waals surface area contributed by atoms with Crippen LogP contribution in [-0.2, 0) is 6.54 Å². The summed E-state index contributed by atoms with van der Waals surface area (Å²) >= 11 is 0.959. The van der Waals surface area contributed by atoms with Crippen molar-refractivity contribution < 1.29 is 9.18 Å². The molecule has 1 N–H and O–H groups in total. The zero-order chi connectivity index (χ0) is 13.0. The zero-order valence-electron chi connectivity index (χ0n) is 9.63. The van der Waals surface area contributed by atoms with Gasteiger partial charge >= 0.3 is 0 Å². The summed E-state index contributed by atoms with van der Waals surface area (Å²) in [5, 5.41) is 7.45. The highest BCUT2D eigenvalue weighted by Gasteiger charge is 2.06. The van der Waals surface area contributed by atoms with Crippen LogP contribution in [0.1, 0.15) is 22.2 Å². The van der Waals surface area contributed by atoms with Crippen LogP contribution in [0.25, 0.3) is 0 Å². The topological polar surface area (TPSA) is 59.3 Å². The minimum absolute atomic E-state index is 0.285. The second-order valence-electron chi connectivity index (χ2n) is 3.43. The van der Waals surface area contributed by atoms with Gasteiger partial charge in [0.05, 0.1) is 22.9 Å². The molecule has 18 heavy (non-hydrogen) atoms. The van der Waals surface area contributed by atoms with Crippen LogP contribution < -0.4 is 5.43 Å². The lowest BCUT2D eigenvalue weighted by molar-refractivity contribution is 0.0955. The van der Waals surface area contributed by atoms with Crippen LogP contribution in [0.3, 0.4) is 0 Å². The molecule has 2 aromatic rings. The Balaban J connectivity index is 1.93. The summed E-state index contributed by atoms with van der Waals surface area (Å²) < 4.78 is 14.3. The number of thiophene rings is 1. The van der Waals surface area contributed by atoms with Gasteiger partial charge in [0.15, 0.2) is 5.13 Å². The number of carbonyl (C=O) groups excluding carboxylic acids is 1. The van der Waals surface area contributed by atoms with Gasteiger partial charge < -0.3 is 0 Å². The van der Waals surface area contributed by atoms with Crippen molar-refractivity contribution in [3.63, 3.8) is 0 Å². The number of nitrogens with zero attached hydrogens (tertiary/aromatic N) is 3. The van der Waals surface area contributed by atoms with Gasteiger partial charge in [-0.05, 0) is 19.1 Å². The smallest absolute Gasteiger partial charge is 0.272 e. The highest BCUT2D eigenvalue weighted by molar-refractivity contribution is 7.12. The van der Waals surface area contributed by atoms with Gasteiger partial charge in [0.25, 0.3) is 5.91 Å². The quantitative estimate of drug-likeness (QED) is 0.678. The highest BCUT2D eigenvalue weighted by atomic mass is 32.1. The van der Waals surface area contributed by atoms with Crippen molar-refractivity contribution in [2.75, 3.05) is 0 Å². The monoisotopic (exact) mass is 266 g/mol. The van der Waals surface area contributed by atoms with E-state index >= 15 is 0 Å². The summed E-state index contributed by atoms with van der Waals surface area (Å²) in [6, 6.07) is 2.93. The van der Waals surface area contributed by atoms with E-state index in [2.05, 4.69) is 15.6 Å². The molecule has 0 saturated heterocycles. The van der Waals surface area contributed by atoms with Gasteiger partial charge in [-0.15, -0.1) is 11.3 Å². The molecule has 0 spiro atoms. The number of halogens is 1. The average Bonchev–Trinajstić information content (AvgIpc) is 2.98. The highest BCUT2D eigenvalue weighted by Crippen LogP contribution is 2.11. The molecule has 2 aromatic heterocycles. The number of rotatable bonds is 4. The lowest BCUT2D eigenvalue weighted by Crippen LogP contribution is -2.16. The lowest BCUT2D eigenvalue weighted by atomic mass is 10.3.